The normalized spacial score (nSPS) is 22.8. The Labute approximate surface area is 191 Å². The molecule has 2 aliphatic heterocycles. The number of nitrogens with zero attached hydrogens (tertiary/aromatic N) is 1. The molecule has 2 aliphatic rings. The summed E-state index contributed by atoms with van der Waals surface area (Å²) in [4.78, 5) is 13.2. The average Bonchev–Trinajstić information content (AvgIpc) is 3.15. The van der Waals surface area contributed by atoms with Crippen LogP contribution in [-0.4, -0.2) is 11.6 Å². The minimum atomic E-state index is -0.628. The van der Waals surface area contributed by atoms with Crippen LogP contribution < -0.4 is 15.8 Å². The van der Waals surface area contributed by atoms with E-state index in [4.69, 9.17) is 11.6 Å². The van der Waals surface area contributed by atoms with Crippen molar-refractivity contribution in [3.8, 4) is 0 Å². The molecule has 2 N–H and O–H groups in total. The second-order valence-corrected chi connectivity index (χ2v) is 9.27. The Kier molecular flexibility index (Phi) is 3.90. The quantitative estimate of drug-likeness (QED) is 0.396. The van der Waals surface area contributed by atoms with E-state index < -0.39 is 11.1 Å². The van der Waals surface area contributed by atoms with E-state index in [-0.39, 0.29) is 5.91 Å². The van der Waals surface area contributed by atoms with Crippen LogP contribution in [0.2, 0.25) is 5.02 Å². The Morgan fingerprint density at radius 2 is 1.69 bits per heavy atom. The van der Waals surface area contributed by atoms with Crippen molar-refractivity contribution in [3.63, 3.8) is 0 Å². The number of rotatable bonds is 2. The first kappa shape index (κ1) is 19.2. The number of amides is 1. The number of carbonyl (C=O) groups is 1. The van der Waals surface area contributed by atoms with Crippen molar-refractivity contribution in [1.29, 1.82) is 0 Å². The molecule has 0 aliphatic carbocycles. The molecule has 4 nitrogen and oxygen atoms in total. The highest BCUT2D eigenvalue weighted by Gasteiger charge is 2.63. The van der Waals surface area contributed by atoms with Crippen LogP contribution in [0.5, 0.6) is 0 Å². The molecular formula is C27H22ClN3O. The number of nitrogens with one attached hydrogen (secondary N) is 2. The van der Waals surface area contributed by atoms with Crippen LogP contribution in [0.3, 0.4) is 0 Å². The minimum absolute atomic E-state index is 0.147. The number of anilines is 2. The van der Waals surface area contributed by atoms with Crippen molar-refractivity contribution in [2.75, 3.05) is 10.3 Å². The van der Waals surface area contributed by atoms with E-state index in [1.54, 1.807) is 0 Å². The van der Waals surface area contributed by atoms with Crippen LogP contribution in [0.25, 0.3) is 10.8 Å². The highest BCUT2D eigenvalue weighted by Crippen LogP contribution is 2.61. The zero-order chi connectivity index (χ0) is 22.1. The van der Waals surface area contributed by atoms with Gasteiger partial charge >= 0.3 is 0 Å². The molecule has 6 rings (SSSR count). The highest BCUT2D eigenvalue weighted by molar-refractivity contribution is 6.30. The Balaban J connectivity index is 1.61. The molecule has 2 atom stereocenters. The van der Waals surface area contributed by atoms with Crippen LogP contribution >= 0.6 is 11.6 Å². The lowest BCUT2D eigenvalue weighted by Gasteiger charge is -2.42. The predicted molar refractivity (Wildman–Crippen MR) is 130 cm³/mol. The Morgan fingerprint density at radius 1 is 0.938 bits per heavy atom. The van der Waals surface area contributed by atoms with Crippen molar-refractivity contribution in [2.45, 2.75) is 24.9 Å². The fourth-order valence-corrected chi connectivity index (χ4v) is 5.66. The van der Waals surface area contributed by atoms with Gasteiger partial charge in [0.2, 0.25) is 0 Å². The number of halogens is 1. The maximum absolute atomic E-state index is 13.2. The molecule has 4 aromatic carbocycles. The number of hydrazine groups is 1. The lowest BCUT2D eigenvalue weighted by molar-refractivity contribution is 0.0936. The fraction of sp³-hybridized carbons (Fsp3) is 0.148. The van der Waals surface area contributed by atoms with E-state index in [0.29, 0.717) is 10.6 Å². The summed E-state index contributed by atoms with van der Waals surface area (Å²) in [6, 6.07) is 27.9. The predicted octanol–water partition coefficient (Wildman–Crippen LogP) is 6.11. The molecule has 158 valence electrons. The van der Waals surface area contributed by atoms with Gasteiger partial charge in [0.05, 0.1) is 11.1 Å². The zero-order valence-corrected chi connectivity index (χ0v) is 18.6. The van der Waals surface area contributed by atoms with Gasteiger partial charge < -0.3 is 5.32 Å². The molecule has 0 bridgehead atoms. The van der Waals surface area contributed by atoms with Gasteiger partial charge in [-0.05, 0) is 72.1 Å². The van der Waals surface area contributed by atoms with Crippen LogP contribution in [0, 0.1) is 0 Å². The number of carbonyl (C=O) groups excluding carboxylic acids is 1. The SMILES string of the molecule is C[C@@]12c3cc(Cl)ccc3N[C@]1(C)N(NC(=O)c1ccccc1)c1ccc3ccccc3c12. The van der Waals surface area contributed by atoms with Crippen LogP contribution in [0.1, 0.15) is 35.3 Å². The number of hydrogen-bond acceptors (Lipinski definition) is 3. The Hall–Kier alpha value is -3.50. The van der Waals surface area contributed by atoms with E-state index in [1.807, 2.05) is 53.5 Å². The highest BCUT2D eigenvalue weighted by atomic mass is 35.5. The second kappa shape index (κ2) is 6.50. The maximum atomic E-state index is 13.2. The largest absolute Gasteiger partial charge is 0.360 e. The molecular weight excluding hydrogens is 418 g/mol. The van der Waals surface area contributed by atoms with Crippen LogP contribution in [-0.2, 0) is 5.41 Å². The van der Waals surface area contributed by atoms with Crippen LogP contribution in [0.4, 0.5) is 11.4 Å². The van der Waals surface area contributed by atoms with Crippen molar-refractivity contribution in [2.24, 2.45) is 0 Å². The summed E-state index contributed by atoms with van der Waals surface area (Å²) in [6.07, 6.45) is 0. The molecule has 0 radical (unpaired) electrons. The third kappa shape index (κ3) is 2.36. The van der Waals surface area contributed by atoms with Crippen molar-refractivity contribution >= 4 is 39.7 Å². The van der Waals surface area contributed by atoms with Gasteiger partial charge in [-0.3, -0.25) is 15.2 Å². The van der Waals surface area contributed by atoms with Gasteiger partial charge in [-0.15, -0.1) is 0 Å². The van der Waals surface area contributed by atoms with Gasteiger partial charge in [0.1, 0.15) is 5.66 Å². The van der Waals surface area contributed by atoms with Crippen LogP contribution in [0.15, 0.2) is 84.9 Å². The van der Waals surface area contributed by atoms with Crippen molar-refractivity contribution in [3.05, 3.63) is 107 Å². The van der Waals surface area contributed by atoms with E-state index >= 15 is 0 Å². The maximum Gasteiger partial charge on any atom is 0.269 e. The zero-order valence-electron chi connectivity index (χ0n) is 17.8. The van der Waals surface area contributed by atoms with E-state index in [9.17, 15) is 4.79 Å². The molecule has 2 heterocycles. The summed E-state index contributed by atoms with van der Waals surface area (Å²) in [5.74, 6) is -0.147. The molecule has 32 heavy (non-hydrogen) atoms. The second-order valence-electron chi connectivity index (χ2n) is 8.84. The van der Waals surface area contributed by atoms with Gasteiger partial charge in [-0.2, -0.15) is 0 Å². The van der Waals surface area contributed by atoms with Gasteiger partial charge in [0.25, 0.3) is 5.91 Å². The lowest BCUT2D eigenvalue weighted by Crippen LogP contribution is -2.62. The Morgan fingerprint density at radius 3 is 2.50 bits per heavy atom. The fourth-order valence-electron chi connectivity index (χ4n) is 5.49. The summed E-state index contributed by atoms with van der Waals surface area (Å²) < 4.78 is 0. The monoisotopic (exact) mass is 439 g/mol. The van der Waals surface area contributed by atoms with E-state index in [0.717, 1.165) is 16.9 Å². The van der Waals surface area contributed by atoms with Crippen molar-refractivity contribution in [1.82, 2.24) is 5.43 Å². The van der Waals surface area contributed by atoms with Gasteiger partial charge in [-0.25, -0.2) is 0 Å². The molecule has 0 saturated heterocycles. The summed E-state index contributed by atoms with van der Waals surface area (Å²) >= 11 is 6.46. The summed E-state index contributed by atoms with van der Waals surface area (Å²) in [7, 11) is 0. The van der Waals surface area contributed by atoms with E-state index in [1.165, 1.54) is 16.3 Å². The molecule has 4 aromatic rings. The molecule has 0 aromatic heterocycles. The average molecular weight is 440 g/mol. The molecule has 1 amide bonds. The van der Waals surface area contributed by atoms with Gasteiger partial charge in [0.15, 0.2) is 0 Å². The number of benzene rings is 4. The molecule has 5 heteroatoms. The number of hydrogen-bond donors (Lipinski definition) is 2. The third-order valence-electron chi connectivity index (χ3n) is 7.22. The van der Waals surface area contributed by atoms with Crippen molar-refractivity contribution < 1.29 is 4.79 Å². The topological polar surface area (TPSA) is 44.4 Å². The van der Waals surface area contributed by atoms with E-state index in [2.05, 4.69) is 61.0 Å². The Bertz CT molecular complexity index is 1400. The molecule has 0 spiro atoms. The molecule has 0 unspecified atom stereocenters. The van der Waals surface area contributed by atoms with Gasteiger partial charge in [-0.1, -0.05) is 60.1 Å². The third-order valence-corrected chi connectivity index (χ3v) is 7.45. The summed E-state index contributed by atoms with van der Waals surface area (Å²) in [5.41, 5.74) is 7.05. The number of fused-ring (bicyclic) bond motifs is 7. The van der Waals surface area contributed by atoms with Gasteiger partial charge in [0, 0.05) is 16.3 Å². The molecule has 0 saturated carbocycles. The standard InChI is InChI=1S/C27H22ClN3O/c1-26-21-16-19(28)13-14-22(21)29-27(26,2)31(30-25(32)18-9-4-3-5-10-18)23-15-12-17-8-6-7-11-20(17)24(23)26/h3-16,29H,1-2H3,(H,30,32)/t26-,27+/m0/s1. The smallest absolute Gasteiger partial charge is 0.269 e. The first-order chi connectivity index (χ1) is 15.4. The lowest BCUT2D eigenvalue weighted by atomic mass is 9.71. The summed E-state index contributed by atoms with van der Waals surface area (Å²) in [6.45, 7) is 4.38. The summed E-state index contributed by atoms with van der Waals surface area (Å²) in [5, 5.41) is 8.75. The molecule has 0 fully saturated rings. The first-order valence-corrected chi connectivity index (χ1v) is 11.1. The first-order valence-electron chi connectivity index (χ1n) is 10.7. The minimum Gasteiger partial charge on any atom is -0.360 e.